The first-order chi connectivity index (χ1) is 10.3. The maximum absolute atomic E-state index is 9.65. The van der Waals surface area contributed by atoms with Gasteiger partial charge in [-0.25, -0.2) is 0 Å². The van der Waals surface area contributed by atoms with E-state index in [1.807, 2.05) is 60.7 Å². The summed E-state index contributed by atoms with van der Waals surface area (Å²) in [6.45, 7) is 0.403. The van der Waals surface area contributed by atoms with Gasteiger partial charge in [0.25, 0.3) is 0 Å². The summed E-state index contributed by atoms with van der Waals surface area (Å²) in [5.74, 6) is 0.714. The van der Waals surface area contributed by atoms with E-state index >= 15 is 0 Å². The summed E-state index contributed by atoms with van der Waals surface area (Å²) in [6.07, 6.45) is 0. The Morgan fingerprint density at radius 2 is 1.67 bits per heavy atom. The molecular weight excluding hydrogens is 284 g/mol. The van der Waals surface area contributed by atoms with Gasteiger partial charge in [0.15, 0.2) is 0 Å². The van der Waals surface area contributed by atoms with Crippen LogP contribution < -0.4 is 4.74 Å². The molecule has 21 heavy (non-hydrogen) atoms. The maximum atomic E-state index is 9.65. The predicted molar refractivity (Wildman–Crippen MR) is 85.7 cm³/mol. The molecule has 3 aromatic carbocycles. The molecule has 0 aliphatic rings. The highest BCUT2D eigenvalue weighted by molar-refractivity contribution is 6.30. The number of aliphatic hydroxyl groups is 1. The van der Waals surface area contributed by atoms with Gasteiger partial charge in [0.1, 0.15) is 12.4 Å². The number of hydrogen-bond acceptors (Lipinski definition) is 2. The quantitative estimate of drug-likeness (QED) is 0.765. The molecule has 3 heteroatoms. The minimum absolute atomic E-state index is 0.0443. The van der Waals surface area contributed by atoms with Crippen molar-refractivity contribution in [3.05, 3.63) is 76.8 Å². The van der Waals surface area contributed by atoms with Crippen LogP contribution in [0, 0.1) is 0 Å². The summed E-state index contributed by atoms with van der Waals surface area (Å²) in [4.78, 5) is 0. The van der Waals surface area contributed by atoms with Crippen molar-refractivity contribution in [1.29, 1.82) is 0 Å². The first-order valence-electron chi connectivity index (χ1n) is 6.76. The fraction of sp³-hybridized carbons (Fsp3) is 0.111. The van der Waals surface area contributed by atoms with Crippen molar-refractivity contribution in [2.24, 2.45) is 0 Å². The Balaban J connectivity index is 1.88. The molecular formula is C18H15ClO2. The summed E-state index contributed by atoms with van der Waals surface area (Å²) in [5, 5.41) is 12.5. The van der Waals surface area contributed by atoms with Gasteiger partial charge >= 0.3 is 0 Å². The van der Waals surface area contributed by atoms with Crippen LogP contribution in [0.15, 0.2) is 60.7 Å². The molecule has 3 rings (SSSR count). The molecule has 0 heterocycles. The van der Waals surface area contributed by atoms with E-state index in [9.17, 15) is 5.11 Å². The number of benzene rings is 3. The van der Waals surface area contributed by atoms with Crippen molar-refractivity contribution in [3.8, 4) is 5.75 Å². The van der Waals surface area contributed by atoms with Crippen LogP contribution in [0.2, 0.25) is 5.02 Å². The molecule has 0 aliphatic heterocycles. The van der Waals surface area contributed by atoms with E-state index in [1.165, 1.54) is 0 Å². The van der Waals surface area contributed by atoms with Crippen LogP contribution in [0.1, 0.15) is 11.1 Å². The monoisotopic (exact) mass is 298 g/mol. The fourth-order valence-corrected chi connectivity index (χ4v) is 2.48. The number of ether oxygens (including phenoxy) is 1. The zero-order valence-electron chi connectivity index (χ0n) is 11.4. The summed E-state index contributed by atoms with van der Waals surface area (Å²) < 4.78 is 5.86. The second-order valence-electron chi connectivity index (χ2n) is 4.84. The highest BCUT2D eigenvalue weighted by atomic mass is 35.5. The lowest BCUT2D eigenvalue weighted by Gasteiger charge is -2.13. The van der Waals surface area contributed by atoms with Crippen LogP contribution in [0.3, 0.4) is 0 Å². The van der Waals surface area contributed by atoms with E-state index in [1.54, 1.807) is 0 Å². The minimum atomic E-state index is -0.0443. The van der Waals surface area contributed by atoms with Crippen molar-refractivity contribution < 1.29 is 9.84 Å². The van der Waals surface area contributed by atoms with E-state index in [0.29, 0.717) is 17.4 Å². The highest BCUT2D eigenvalue weighted by Crippen LogP contribution is 2.28. The third-order valence-electron chi connectivity index (χ3n) is 3.46. The molecule has 0 saturated carbocycles. The molecule has 0 unspecified atom stereocenters. The Kier molecular flexibility index (Phi) is 4.09. The van der Waals surface area contributed by atoms with Crippen LogP contribution in [0.4, 0.5) is 0 Å². The molecule has 0 amide bonds. The highest BCUT2D eigenvalue weighted by Gasteiger charge is 2.08. The Bertz CT molecular complexity index is 751. The van der Waals surface area contributed by atoms with Gasteiger partial charge in [-0.2, -0.15) is 0 Å². The zero-order valence-corrected chi connectivity index (χ0v) is 12.2. The van der Waals surface area contributed by atoms with Crippen molar-refractivity contribution >= 4 is 22.4 Å². The number of halogens is 1. The van der Waals surface area contributed by atoms with Gasteiger partial charge in [-0.3, -0.25) is 0 Å². The average molecular weight is 299 g/mol. The van der Waals surface area contributed by atoms with Gasteiger partial charge in [0, 0.05) is 10.6 Å². The second-order valence-corrected chi connectivity index (χ2v) is 5.27. The second kappa shape index (κ2) is 6.17. The molecule has 0 fully saturated rings. The van der Waals surface area contributed by atoms with Crippen LogP contribution in [-0.2, 0) is 13.2 Å². The molecule has 0 saturated heterocycles. The number of hydrogen-bond donors (Lipinski definition) is 1. The lowest BCUT2D eigenvalue weighted by molar-refractivity contribution is 0.261. The largest absolute Gasteiger partial charge is 0.489 e. The van der Waals surface area contributed by atoms with Crippen LogP contribution in [0.5, 0.6) is 5.75 Å². The Hall–Kier alpha value is -2.03. The summed E-state index contributed by atoms with van der Waals surface area (Å²) in [7, 11) is 0. The van der Waals surface area contributed by atoms with Gasteiger partial charge in [0.2, 0.25) is 0 Å². The van der Waals surface area contributed by atoms with Gasteiger partial charge in [-0.15, -0.1) is 0 Å². The first-order valence-corrected chi connectivity index (χ1v) is 7.14. The van der Waals surface area contributed by atoms with E-state index in [-0.39, 0.29) is 6.61 Å². The normalized spacial score (nSPS) is 10.8. The molecule has 0 bridgehead atoms. The standard InChI is InChI=1S/C18H15ClO2/c19-15-8-5-13(6-9-15)12-21-18-10-7-14-3-1-2-4-16(14)17(18)11-20/h1-10,20H,11-12H2. The third-order valence-corrected chi connectivity index (χ3v) is 3.72. The van der Waals surface area contributed by atoms with Gasteiger partial charge < -0.3 is 9.84 Å². The molecule has 0 spiro atoms. The maximum Gasteiger partial charge on any atom is 0.125 e. The lowest BCUT2D eigenvalue weighted by atomic mass is 10.0. The van der Waals surface area contributed by atoms with Crippen molar-refractivity contribution in [2.75, 3.05) is 0 Å². The number of aliphatic hydroxyl groups excluding tert-OH is 1. The molecule has 0 aliphatic carbocycles. The first kappa shape index (κ1) is 13.9. The van der Waals surface area contributed by atoms with Crippen molar-refractivity contribution in [2.45, 2.75) is 13.2 Å². The lowest BCUT2D eigenvalue weighted by Crippen LogP contribution is -1.99. The number of fused-ring (bicyclic) bond motifs is 1. The van der Waals surface area contributed by atoms with E-state index in [4.69, 9.17) is 16.3 Å². The average Bonchev–Trinajstić information content (AvgIpc) is 2.53. The minimum Gasteiger partial charge on any atom is -0.489 e. The molecule has 2 nitrogen and oxygen atoms in total. The van der Waals surface area contributed by atoms with E-state index in [2.05, 4.69) is 0 Å². The van der Waals surface area contributed by atoms with E-state index < -0.39 is 0 Å². The SMILES string of the molecule is OCc1c(OCc2ccc(Cl)cc2)ccc2ccccc12. The predicted octanol–water partition coefficient (Wildman–Crippen LogP) is 4.56. The van der Waals surface area contributed by atoms with Crippen molar-refractivity contribution in [3.63, 3.8) is 0 Å². The van der Waals surface area contributed by atoms with Gasteiger partial charge in [-0.1, -0.05) is 54.1 Å². The van der Waals surface area contributed by atoms with Gasteiger partial charge in [-0.05, 0) is 34.5 Å². The number of rotatable bonds is 4. The Labute approximate surface area is 128 Å². The molecule has 106 valence electrons. The smallest absolute Gasteiger partial charge is 0.125 e. The molecule has 1 N–H and O–H groups in total. The summed E-state index contributed by atoms with van der Waals surface area (Å²) >= 11 is 5.87. The van der Waals surface area contributed by atoms with Crippen molar-refractivity contribution in [1.82, 2.24) is 0 Å². The molecule has 0 aromatic heterocycles. The van der Waals surface area contributed by atoms with Crippen LogP contribution in [0.25, 0.3) is 10.8 Å². The fourth-order valence-electron chi connectivity index (χ4n) is 2.36. The topological polar surface area (TPSA) is 29.5 Å². The third kappa shape index (κ3) is 3.02. The Morgan fingerprint density at radius 3 is 2.43 bits per heavy atom. The molecule has 0 atom stereocenters. The molecule has 3 aromatic rings. The van der Waals surface area contributed by atoms with E-state index in [0.717, 1.165) is 21.9 Å². The molecule has 0 radical (unpaired) electrons. The Morgan fingerprint density at radius 1 is 0.905 bits per heavy atom. The zero-order chi connectivity index (χ0) is 14.7. The summed E-state index contributed by atoms with van der Waals surface area (Å²) in [6, 6.07) is 19.4. The van der Waals surface area contributed by atoms with Gasteiger partial charge in [0.05, 0.1) is 6.61 Å². The van der Waals surface area contributed by atoms with Crippen LogP contribution >= 0.6 is 11.6 Å². The summed E-state index contributed by atoms with van der Waals surface area (Å²) in [5.41, 5.74) is 1.86. The van der Waals surface area contributed by atoms with Crippen LogP contribution in [-0.4, -0.2) is 5.11 Å².